The average Bonchev–Trinajstić information content (AvgIpc) is 3.80. The number of aromatic nitrogens is 5. The summed E-state index contributed by atoms with van der Waals surface area (Å²) in [6.45, 7) is 37.2. The lowest BCUT2D eigenvalue weighted by Crippen LogP contribution is -2.25. The van der Waals surface area contributed by atoms with E-state index in [0.29, 0.717) is 41.1 Å². The predicted molar refractivity (Wildman–Crippen MR) is 271 cm³/mol. The van der Waals surface area contributed by atoms with Crippen molar-refractivity contribution in [2.75, 3.05) is 0 Å². The van der Waals surface area contributed by atoms with Crippen LogP contribution in [0.2, 0.25) is 0 Å². The molecule has 1 saturated heterocycles. The molecule has 6 rings (SSSR count). The summed E-state index contributed by atoms with van der Waals surface area (Å²) < 4.78 is 0. The normalized spacial score (nSPS) is 13.6. The number of carbonyl (C=O) groups is 2. The number of pyridine rings is 3. The molecule has 1 unspecified atom stereocenters. The van der Waals surface area contributed by atoms with Gasteiger partial charge < -0.3 is 11.1 Å². The first kappa shape index (κ1) is 60.0. The number of hydrogen-bond acceptors (Lipinski definition) is 10. The monoisotopic (exact) mass is 884 g/mol. The van der Waals surface area contributed by atoms with Crippen LogP contribution in [0.25, 0.3) is 0 Å². The van der Waals surface area contributed by atoms with Crippen molar-refractivity contribution in [2.24, 2.45) is 27.8 Å². The Morgan fingerprint density at radius 3 is 1.43 bits per heavy atom. The third-order valence-corrected chi connectivity index (χ3v) is 10.4. The molecule has 2 aliphatic rings. The van der Waals surface area contributed by atoms with E-state index >= 15 is 0 Å². The number of amides is 2. The number of nitrogens with two attached hydrogens (primary N) is 1. The molecule has 0 spiro atoms. The number of aryl methyl sites for hydroxylation is 3. The Morgan fingerprint density at radius 1 is 0.667 bits per heavy atom. The summed E-state index contributed by atoms with van der Waals surface area (Å²) in [5.41, 5.74) is 16.0. The molecule has 2 aliphatic heterocycles. The van der Waals surface area contributed by atoms with Gasteiger partial charge in [-0.3, -0.25) is 34.5 Å². The number of hydrogen-bond donors (Lipinski definition) is 2. The standard InChI is InChI=1S/C9H12N2O.2C9H13N.C8H12N2.C7H12N2.C7H11NOS.2CH4/c1-6(2)8-4-3-7(5-11-8)9(10)12;2*1-7(2)9-4-8(3)5-10-6-9;1-6(2)8-5-9-7(3)4-10-8;1-5(2)7-4-6(3)8-9-7;1-4(2)6-7(9)8-5(3)10-6;;/h3-6H,1-2H3,(H2,10,12);2*4-7H,1-3H3;4-6H,1-3H3;5H,4H2,1-3H3;4,6H,3H2,1-2H3,(H,8,9);2*1H4. The molecule has 0 bridgehead atoms. The topological polar surface area (TPSA) is 161 Å². The third kappa shape index (κ3) is 24.4. The molecule has 0 aromatic carbocycles. The van der Waals surface area contributed by atoms with Crippen LogP contribution >= 0.6 is 11.8 Å². The molecule has 4 aromatic heterocycles. The Morgan fingerprint density at radius 2 is 1.17 bits per heavy atom. The fourth-order valence-electron chi connectivity index (χ4n) is 5.07. The number of carbonyl (C=O) groups excluding carboxylic acids is 2. The van der Waals surface area contributed by atoms with Crippen LogP contribution in [0, 0.1) is 32.6 Å². The molecule has 0 saturated carbocycles. The largest absolute Gasteiger partial charge is 0.366 e. The van der Waals surface area contributed by atoms with Gasteiger partial charge in [-0.15, -0.1) is 0 Å². The van der Waals surface area contributed by atoms with Gasteiger partial charge in [-0.05, 0) is 97.6 Å². The van der Waals surface area contributed by atoms with Gasteiger partial charge in [0.2, 0.25) is 11.8 Å². The van der Waals surface area contributed by atoms with Crippen molar-refractivity contribution in [2.45, 2.75) is 161 Å². The summed E-state index contributed by atoms with van der Waals surface area (Å²) in [7, 11) is 0. The lowest BCUT2D eigenvalue weighted by molar-refractivity contribution is -0.119. The minimum Gasteiger partial charge on any atom is -0.366 e. The number of nitrogens with zero attached hydrogens (tertiary/aromatic N) is 7. The summed E-state index contributed by atoms with van der Waals surface area (Å²) in [5, 5.41) is 11.5. The van der Waals surface area contributed by atoms with Gasteiger partial charge >= 0.3 is 0 Å². The van der Waals surface area contributed by atoms with Crippen LogP contribution in [0.15, 0.2) is 89.5 Å². The van der Waals surface area contributed by atoms with Crippen LogP contribution in [0.3, 0.4) is 0 Å². The Bertz CT molecular complexity index is 1950. The molecular weight excluding hydrogens is 803 g/mol. The summed E-state index contributed by atoms with van der Waals surface area (Å²) in [5.74, 6) is 2.66. The zero-order valence-corrected chi connectivity index (χ0v) is 40.6. The molecule has 11 nitrogen and oxygen atoms in total. The van der Waals surface area contributed by atoms with Crippen molar-refractivity contribution in [3.05, 3.63) is 124 Å². The second-order valence-corrected chi connectivity index (χ2v) is 18.3. The highest BCUT2D eigenvalue weighted by molar-refractivity contribution is 8.04. The van der Waals surface area contributed by atoms with E-state index in [1.165, 1.54) is 45.9 Å². The van der Waals surface area contributed by atoms with E-state index in [9.17, 15) is 9.59 Å². The van der Waals surface area contributed by atoms with Crippen molar-refractivity contribution in [3.8, 4) is 0 Å². The molecular formula is C51H81N9O2S. The second-order valence-electron chi connectivity index (χ2n) is 17.1. The summed E-state index contributed by atoms with van der Waals surface area (Å²) in [6, 6.07) is 7.88. The molecule has 0 radical (unpaired) electrons. The predicted octanol–water partition coefficient (Wildman–Crippen LogP) is 12.7. The lowest BCUT2D eigenvalue weighted by Gasteiger charge is -2.07. The van der Waals surface area contributed by atoms with Gasteiger partial charge in [0.05, 0.1) is 27.2 Å². The maximum Gasteiger partial charge on any atom is 0.250 e. The minimum atomic E-state index is -0.433. The van der Waals surface area contributed by atoms with Crippen molar-refractivity contribution < 1.29 is 9.59 Å². The van der Waals surface area contributed by atoms with Gasteiger partial charge in [-0.2, -0.15) is 10.2 Å². The van der Waals surface area contributed by atoms with Gasteiger partial charge in [0, 0.05) is 66.9 Å². The van der Waals surface area contributed by atoms with E-state index in [4.69, 9.17) is 5.73 Å². The molecule has 1 fully saturated rings. The van der Waals surface area contributed by atoms with Gasteiger partial charge in [0.25, 0.3) is 0 Å². The van der Waals surface area contributed by atoms with Crippen molar-refractivity contribution in [1.29, 1.82) is 0 Å². The Hall–Kier alpha value is -5.10. The summed E-state index contributed by atoms with van der Waals surface area (Å²) in [4.78, 5) is 42.4. The number of thioether (sulfide) groups is 1. The first-order valence-electron chi connectivity index (χ1n) is 21.2. The van der Waals surface area contributed by atoms with E-state index < -0.39 is 5.91 Å². The third-order valence-electron chi connectivity index (χ3n) is 9.03. The van der Waals surface area contributed by atoms with E-state index in [2.05, 4.69) is 128 Å². The fraction of sp³-hybridized carbons (Fsp3) is 0.510. The molecule has 63 heavy (non-hydrogen) atoms. The molecule has 0 aliphatic carbocycles. The Labute approximate surface area is 386 Å². The quantitative estimate of drug-likeness (QED) is 0.185. The zero-order chi connectivity index (χ0) is 46.4. The molecule has 3 N–H and O–H groups in total. The minimum absolute atomic E-state index is 0. The molecule has 348 valence electrons. The number of primary amides is 1. The first-order valence-corrected chi connectivity index (χ1v) is 22.0. The second kappa shape index (κ2) is 30.9. The molecule has 6 heterocycles. The smallest absolute Gasteiger partial charge is 0.250 e. The fourth-order valence-corrected chi connectivity index (χ4v) is 5.97. The highest BCUT2D eigenvalue weighted by Gasteiger charge is 2.30. The van der Waals surface area contributed by atoms with E-state index in [1.807, 2.05) is 78.6 Å². The maximum atomic E-state index is 11.0. The van der Waals surface area contributed by atoms with Crippen molar-refractivity contribution in [3.63, 3.8) is 0 Å². The van der Waals surface area contributed by atoms with Crippen LogP contribution in [0.5, 0.6) is 0 Å². The SMILES string of the molecule is C.C.C=C1NC(=O)C(C(C)C)S1.CC(C)c1ccc(C(N)=O)cn1.CC1=NN=C(C(C)C)C1.Cc1cnc(C(C)C)cn1.Cc1cncc(C(C)C)c1.Cc1cncc(C(C)C)c1. The highest BCUT2D eigenvalue weighted by atomic mass is 32.2. The Kier molecular flexibility index (Phi) is 29.4. The van der Waals surface area contributed by atoms with Crippen LogP contribution < -0.4 is 11.1 Å². The average molecular weight is 884 g/mol. The molecule has 2 amide bonds. The van der Waals surface area contributed by atoms with Crippen LogP contribution in [-0.4, -0.2) is 53.4 Å². The van der Waals surface area contributed by atoms with Crippen LogP contribution in [0.4, 0.5) is 0 Å². The van der Waals surface area contributed by atoms with Gasteiger partial charge in [-0.25, -0.2) is 0 Å². The first-order chi connectivity index (χ1) is 28.5. The Balaban J connectivity index is 0. The lowest BCUT2D eigenvalue weighted by atomic mass is 10.0. The zero-order valence-electron chi connectivity index (χ0n) is 39.7. The van der Waals surface area contributed by atoms with Gasteiger partial charge in [0.1, 0.15) is 0 Å². The maximum absolute atomic E-state index is 11.0. The van der Waals surface area contributed by atoms with E-state index in [-0.39, 0.29) is 26.0 Å². The number of nitrogens with one attached hydrogen (secondary N) is 1. The molecule has 4 aromatic rings. The molecule has 1 atom stereocenters. The van der Waals surface area contributed by atoms with Gasteiger partial charge in [0.15, 0.2) is 0 Å². The van der Waals surface area contributed by atoms with Crippen LogP contribution in [0.1, 0.15) is 185 Å². The molecule has 12 heteroatoms. The summed E-state index contributed by atoms with van der Waals surface area (Å²) in [6.07, 6.45) is 13.7. The summed E-state index contributed by atoms with van der Waals surface area (Å²) >= 11 is 1.53. The van der Waals surface area contributed by atoms with Crippen molar-refractivity contribution >= 4 is 35.0 Å². The number of rotatable bonds is 7. The highest BCUT2D eigenvalue weighted by Crippen LogP contribution is 2.30. The van der Waals surface area contributed by atoms with Crippen molar-refractivity contribution in [1.82, 2.24) is 30.2 Å². The van der Waals surface area contributed by atoms with Gasteiger partial charge in [-0.1, -0.05) is 128 Å². The van der Waals surface area contributed by atoms with E-state index in [0.717, 1.165) is 34.2 Å². The van der Waals surface area contributed by atoms with Crippen LogP contribution in [-0.2, 0) is 4.79 Å². The van der Waals surface area contributed by atoms with E-state index in [1.54, 1.807) is 12.3 Å².